The van der Waals surface area contributed by atoms with Crippen LogP contribution < -0.4 is 5.73 Å². The van der Waals surface area contributed by atoms with Gasteiger partial charge in [-0.05, 0) is 19.2 Å². The molecule has 0 atom stereocenters. The molecule has 48 valence electrons. The molecule has 0 aliphatic heterocycles. The summed E-state index contributed by atoms with van der Waals surface area (Å²) in [5, 5.41) is 8.07. The average molecular weight is 123 g/mol. The van der Waals surface area contributed by atoms with E-state index in [1.165, 1.54) is 6.20 Å². The minimum absolute atomic E-state index is 0.205. The van der Waals surface area contributed by atoms with E-state index in [9.17, 15) is 0 Å². The van der Waals surface area contributed by atoms with Gasteiger partial charge in [0, 0.05) is 5.71 Å². The van der Waals surface area contributed by atoms with Gasteiger partial charge in [0.25, 0.3) is 0 Å². The van der Waals surface area contributed by atoms with E-state index in [1.54, 1.807) is 13.0 Å². The van der Waals surface area contributed by atoms with E-state index in [0.717, 1.165) is 5.71 Å². The highest BCUT2D eigenvalue weighted by Crippen LogP contribution is 1.77. The van der Waals surface area contributed by atoms with E-state index in [1.807, 2.05) is 6.07 Å². The number of nitrogens with zero attached hydrogens (tertiary/aromatic N) is 2. The van der Waals surface area contributed by atoms with Gasteiger partial charge in [-0.3, -0.25) is 4.99 Å². The van der Waals surface area contributed by atoms with Crippen LogP contribution in [0.3, 0.4) is 0 Å². The van der Waals surface area contributed by atoms with Gasteiger partial charge in [0.1, 0.15) is 6.54 Å². The quantitative estimate of drug-likeness (QED) is 0.428. The molecule has 0 bridgehead atoms. The Balaban J connectivity index is 3.73. The van der Waals surface area contributed by atoms with Gasteiger partial charge in [0.2, 0.25) is 0 Å². The molecule has 3 heteroatoms. The summed E-state index contributed by atoms with van der Waals surface area (Å²) < 4.78 is 0. The molecule has 0 unspecified atom stereocenters. The highest BCUT2D eigenvalue weighted by atomic mass is 14.7. The van der Waals surface area contributed by atoms with Gasteiger partial charge >= 0.3 is 0 Å². The minimum Gasteiger partial charge on any atom is -0.405 e. The first kappa shape index (κ1) is 7.70. The zero-order valence-electron chi connectivity index (χ0n) is 5.33. The molecule has 3 nitrogen and oxygen atoms in total. The first-order chi connectivity index (χ1) is 4.31. The van der Waals surface area contributed by atoms with Crippen LogP contribution in [-0.4, -0.2) is 12.3 Å². The fraction of sp³-hybridized carbons (Fsp3) is 0.333. The van der Waals surface area contributed by atoms with Crippen molar-refractivity contribution in [1.82, 2.24) is 0 Å². The zero-order chi connectivity index (χ0) is 7.11. The van der Waals surface area contributed by atoms with E-state index < -0.39 is 0 Å². The van der Waals surface area contributed by atoms with E-state index in [4.69, 9.17) is 11.0 Å². The first-order valence-corrected chi connectivity index (χ1v) is 2.57. The maximum Gasteiger partial charge on any atom is 0.126 e. The fourth-order valence-electron chi connectivity index (χ4n) is 0.352. The van der Waals surface area contributed by atoms with Crippen LogP contribution in [-0.2, 0) is 0 Å². The van der Waals surface area contributed by atoms with Gasteiger partial charge in [0.05, 0.1) is 6.07 Å². The summed E-state index contributed by atoms with van der Waals surface area (Å²) in [5.74, 6) is 0. The molecule has 0 aromatic carbocycles. The summed E-state index contributed by atoms with van der Waals surface area (Å²) in [5.41, 5.74) is 5.83. The molecule has 0 aliphatic rings. The van der Waals surface area contributed by atoms with E-state index >= 15 is 0 Å². The molecule has 0 aliphatic carbocycles. The number of hydrogen-bond donors (Lipinski definition) is 1. The van der Waals surface area contributed by atoms with Crippen LogP contribution in [0.15, 0.2) is 17.3 Å². The van der Waals surface area contributed by atoms with Crippen LogP contribution in [0.25, 0.3) is 0 Å². The summed E-state index contributed by atoms with van der Waals surface area (Å²) in [4.78, 5) is 3.82. The second-order valence-corrected chi connectivity index (χ2v) is 1.47. The Morgan fingerprint density at radius 3 is 3.00 bits per heavy atom. The molecule has 0 rings (SSSR count). The van der Waals surface area contributed by atoms with Gasteiger partial charge < -0.3 is 5.73 Å². The molecule has 0 radical (unpaired) electrons. The van der Waals surface area contributed by atoms with Crippen molar-refractivity contribution in [2.24, 2.45) is 10.7 Å². The van der Waals surface area contributed by atoms with Crippen molar-refractivity contribution in [3.8, 4) is 6.07 Å². The fourth-order valence-corrected chi connectivity index (χ4v) is 0.352. The molecule has 0 aromatic rings. The molecular formula is C6H9N3. The van der Waals surface area contributed by atoms with Crippen LogP contribution in [0.4, 0.5) is 0 Å². The second-order valence-electron chi connectivity index (χ2n) is 1.47. The third-order valence-electron chi connectivity index (χ3n) is 0.737. The highest BCUT2D eigenvalue weighted by molar-refractivity contribution is 5.92. The molecule has 0 aromatic heterocycles. The van der Waals surface area contributed by atoms with Gasteiger partial charge in [-0.25, -0.2) is 0 Å². The number of nitrogens with two attached hydrogens (primary N) is 1. The van der Waals surface area contributed by atoms with Crippen molar-refractivity contribution in [2.45, 2.75) is 6.92 Å². The molecule has 0 fully saturated rings. The molecular weight excluding hydrogens is 114 g/mol. The lowest BCUT2D eigenvalue weighted by atomic mass is 10.4. The predicted molar refractivity (Wildman–Crippen MR) is 36.9 cm³/mol. The van der Waals surface area contributed by atoms with Crippen LogP contribution in [0, 0.1) is 11.3 Å². The summed E-state index contributed by atoms with van der Waals surface area (Å²) >= 11 is 0. The third-order valence-corrected chi connectivity index (χ3v) is 0.737. The van der Waals surface area contributed by atoms with Crippen molar-refractivity contribution < 1.29 is 0 Å². The number of allylic oxidation sites excluding steroid dienone is 1. The van der Waals surface area contributed by atoms with Crippen molar-refractivity contribution in [3.63, 3.8) is 0 Å². The van der Waals surface area contributed by atoms with Crippen molar-refractivity contribution >= 4 is 5.71 Å². The topological polar surface area (TPSA) is 62.2 Å². The van der Waals surface area contributed by atoms with Crippen LogP contribution in [0.2, 0.25) is 0 Å². The van der Waals surface area contributed by atoms with E-state index in [0.29, 0.717) is 0 Å². The number of nitriles is 1. The van der Waals surface area contributed by atoms with Gasteiger partial charge in [-0.15, -0.1) is 0 Å². The van der Waals surface area contributed by atoms with Gasteiger partial charge in [0.15, 0.2) is 0 Å². The summed E-state index contributed by atoms with van der Waals surface area (Å²) in [6.45, 7) is 2.00. The Bertz CT molecular complexity index is 162. The Labute approximate surface area is 54.5 Å². The molecule has 9 heavy (non-hydrogen) atoms. The van der Waals surface area contributed by atoms with E-state index in [2.05, 4.69) is 4.99 Å². The van der Waals surface area contributed by atoms with Crippen molar-refractivity contribution in [3.05, 3.63) is 12.3 Å². The Morgan fingerprint density at radius 2 is 2.56 bits per heavy atom. The molecule has 0 spiro atoms. The number of aliphatic imine (C=N–C) groups is 1. The molecule has 0 heterocycles. The Kier molecular flexibility index (Phi) is 4.15. The summed E-state index contributed by atoms with van der Waals surface area (Å²) in [7, 11) is 0. The monoisotopic (exact) mass is 123 g/mol. The maximum atomic E-state index is 8.07. The largest absolute Gasteiger partial charge is 0.405 e. The first-order valence-electron chi connectivity index (χ1n) is 2.57. The van der Waals surface area contributed by atoms with Gasteiger partial charge in [-0.2, -0.15) is 5.26 Å². The summed E-state index contributed by atoms with van der Waals surface area (Å²) in [6.07, 6.45) is 3.05. The van der Waals surface area contributed by atoms with Crippen molar-refractivity contribution in [2.75, 3.05) is 6.54 Å². The van der Waals surface area contributed by atoms with Crippen LogP contribution in [0.1, 0.15) is 6.92 Å². The Hall–Kier alpha value is -1.30. The third kappa shape index (κ3) is 4.56. The normalized spacial score (nSPS) is 11.8. The molecule has 0 amide bonds. The standard InChI is InChI=1S/C6H9N3/c1-6(2-3-7)9-5-4-8/h2-3H,5,7H2,1H3/b3-2-,9-6?. The van der Waals surface area contributed by atoms with Crippen molar-refractivity contribution in [1.29, 1.82) is 5.26 Å². The lowest BCUT2D eigenvalue weighted by Crippen LogP contribution is -1.88. The summed E-state index contributed by atoms with van der Waals surface area (Å²) in [6, 6.07) is 1.89. The smallest absolute Gasteiger partial charge is 0.126 e. The lowest BCUT2D eigenvalue weighted by Gasteiger charge is -1.84. The predicted octanol–water partition coefficient (Wildman–Crippen LogP) is 0.443. The second kappa shape index (κ2) is 4.85. The molecule has 0 saturated heterocycles. The average Bonchev–Trinajstić information content (AvgIpc) is 1.85. The minimum atomic E-state index is 0.205. The molecule has 2 N–H and O–H groups in total. The van der Waals surface area contributed by atoms with E-state index in [-0.39, 0.29) is 6.54 Å². The molecule has 0 saturated carbocycles. The zero-order valence-corrected chi connectivity index (χ0v) is 5.33. The maximum absolute atomic E-state index is 8.07. The van der Waals surface area contributed by atoms with Crippen LogP contribution in [0.5, 0.6) is 0 Å². The lowest BCUT2D eigenvalue weighted by molar-refractivity contribution is 1.24. The number of hydrogen-bond acceptors (Lipinski definition) is 3. The van der Waals surface area contributed by atoms with Crippen LogP contribution >= 0.6 is 0 Å². The van der Waals surface area contributed by atoms with Gasteiger partial charge in [-0.1, -0.05) is 0 Å². The highest BCUT2D eigenvalue weighted by Gasteiger charge is 1.78. The Morgan fingerprint density at radius 1 is 1.89 bits per heavy atom. The SMILES string of the molecule is CC(/C=C\N)=NCC#N. The number of rotatable bonds is 2.